The van der Waals surface area contributed by atoms with E-state index in [2.05, 4.69) is 17.4 Å². The Kier molecular flexibility index (Phi) is 5.20. The van der Waals surface area contributed by atoms with Gasteiger partial charge in [0.2, 0.25) is 5.91 Å². The molecule has 3 aromatic carbocycles. The predicted molar refractivity (Wildman–Crippen MR) is 114 cm³/mol. The number of carbonyl (C=O) groups excluding carboxylic acids is 1. The molecule has 0 spiro atoms. The summed E-state index contributed by atoms with van der Waals surface area (Å²) in [5, 5.41) is 9.03. The lowest BCUT2D eigenvalue weighted by Gasteiger charge is -2.14. The summed E-state index contributed by atoms with van der Waals surface area (Å²) in [5.74, 6) is -0.122. The van der Waals surface area contributed by atoms with Crippen molar-refractivity contribution < 1.29 is 4.79 Å². The molecule has 144 valence electrons. The summed E-state index contributed by atoms with van der Waals surface area (Å²) in [7, 11) is 0. The van der Waals surface area contributed by atoms with Crippen LogP contribution in [0.4, 0.5) is 0 Å². The van der Waals surface area contributed by atoms with Crippen molar-refractivity contribution in [1.82, 2.24) is 15.1 Å². The molecule has 1 heterocycles. The van der Waals surface area contributed by atoms with Gasteiger partial charge in [-0.1, -0.05) is 66.7 Å². The standard InChI is InChI=1S/C24H21N3O2/c1-17(28)25-16-19-11-5-8-14-23(19)27-24(29)21-13-7-6-12-20(21)22(26-27)15-18-9-3-2-4-10-18/h2-14H,15-16H2,1H3,(H,25,28). The summed E-state index contributed by atoms with van der Waals surface area (Å²) in [6.07, 6.45) is 0.621. The molecule has 5 nitrogen and oxygen atoms in total. The van der Waals surface area contributed by atoms with Crippen molar-refractivity contribution in [3.8, 4) is 5.69 Å². The average Bonchev–Trinajstić information content (AvgIpc) is 2.75. The molecule has 0 bridgehead atoms. The molecule has 0 aliphatic heterocycles. The van der Waals surface area contributed by atoms with Gasteiger partial charge in [0.1, 0.15) is 0 Å². The number of nitrogens with zero attached hydrogens (tertiary/aromatic N) is 2. The monoisotopic (exact) mass is 383 g/mol. The molecule has 29 heavy (non-hydrogen) atoms. The van der Waals surface area contributed by atoms with Crippen LogP contribution in [-0.4, -0.2) is 15.7 Å². The van der Waals surface area contributed by atoms with Gasteiger partial charge in [-0.15, -0.1) is 0 Å². The smallest absolute Gasteiger partial charge is 0.279 e. The molecule has 1 amide bonds. The first-order valence-corrected chi connectivity index (χ1v) is 9.51. The van der Waals surface area contributed by atoms with Gasteiger partial charge in [-0.2, -0.15) is 9.78 Å². The molecule has 0 atom stereocenters. The van der Waals surface area contributed by atoms with E-state index in [1.807, 2.05) is 66.7 Å². The first-order chi connectivity index (χ1) is 14.1. The Hall–Kier alpha value is -3.73. The van der Waals surface area contributed by atoms with E-state index < -0.39 is 0 Å². The molecule has 1 N–H and O–H groups in total. The summed E-state index contributed by atoms with van der Waals surface area (Å²) in [4.78, 5) is 24.6. The van der Waals surface area contributed by atoms with Gasteiger partial charge in [-0.05, 0) is 23.3 Å². The molecule has 0 aliphatic rings. The van der Waals surface area contributed by atoms with E-state index in [1.165, 1.54) is 11.6 Å². The van der Waals surface area contributed by atoms with E-state index in [4.69, 9.17) is 5.10 Å². The van der Waals surface area contributed by atoms with E-state index in [9.17, 15) is 9.59 Å². The lowest BCUT2D eigenvalue weighted by Crippen LogP contribution is -2.26. The highest BCUT2D eigenvalue weighted by molar-refractivity contribution is 5.84. The van der Waals surface area contributed by atoms with Crippen molar-refractivity contribution in [3.05, 3.63) is 106 Å². The number of nitrogens with one attached hydrogen (secondary N) is 1. The summed E-state index contributed by atoms with van der Waals surface area (Å²) in [6, 6.07) is 25.1. The van der Waals surface area contributed by atoms with Gasteiger partial charge in [-0.25, -0.2) is 0 Å². The molecule has 0 aliphatic carbocycles. The SMILES string of the molecule is CC(=O)NCc1ccccc1-n1nc(Cc2ccccc2)c2ccccc2c1=O. The van der Waals surface area contributed by atoms with E-state index in [-0.39, 0.29) is 11.5 Å². The zero-order valence-corrected chi connectivity index (χ0v) is 16.1. The summed E-state index contributed by atoms with van der Waals surface area (Å²) in [6.45, 7) is 1.81. The topological polar surface area (TPSA) is 64.0 Å². The van der Waals surface area contributed by atoms with Gasteiger partial charge in [-0.3, -0.25) is 9.59 Å². The number of fused-ring (bicyclic) bond motifs is 1. The maximum Gasteiger partial charge on any atom is 0.279 e. The Morgan fingerprint density at radius 3 is 2.31 bits per heavy atom. The number of benzene rings is 3. The minimum atomic E-state index is -0.173. The predicted octanol–water partition coefficient (Wildman–Crippen LogP) is 3.61. The Bertz CT molecular complexity index is 1230. The second kappa shape index (κ2) is 8.10. The zero-order chi connectivity index (χ0) is 20.2. The lowest BCUT2D eigenvalue weighted by molar-refractivity contribution is -0.119. The van der Waals surface area contributed by atoms with Gasteiger partial charge in [0.25, 0.3) is 5.56 Å². The molecule has 0 unspecified atom stereocenters. The fourth-order valence-corrected chi connectivity index (χ4v) is 3.43. The van der Waals surface area contributed by atoms with E-state index in [0.29, 0.717) is 24.0 Å². The van der Waals surface area contributed by atoms with Crippen LogP contribution >= 0.6 is 0 Å². The van der Waals surface area contributed by atoms with Crippen molar-refractivity contribution in [2.24, 2.45) is 0 Å². The van der Waals surface area contributed by atoms with E-state index in [0.717, 1.165) is 22.2 Å². The Labute approximate surface area is 168 Å². The van der Waals surface area contributed by atoms with Crippen molar-refractivity contribution >= 4 is 16.7 Å². The summed E-state index contributed by atoms with van der Waals surface area (Å²) >= 11 is 0. The minimum Gasteiger partial charge on any atom is -0.352 e. The maximum atomic E-state index is 13.2. The van der Waals surface area contributed by atoms with E-state index in [1.54, 1.807) is 0 Å². The number of amides is 1. The maximum absolute atomic E-state index is 13.2. The van der Waals surface area contributed by atoms with Crippen LogP contribution in [-0.2, 0) is 17.8 Å². The van der Waals surface area contributed by atoms with Crippen LogP contribution in [0.3, 0.4) is 0 Å². The van der Waals surface area contributed by atoms with Crippen LogP contribution in [0.25, 0.3) is 16.5 Å². The number of rotatable bonds is 5. The van der Waals surface area contributed by atoms with Crippen molar-refractivity contribution in [2.45, 2.75) is 19.9 Å². The molecular weight excluding hydrogens is 362 g/mol. The zero-order valence-electron chi connectivity index (χ0n) is 16.1. The molecule has 4 rings (SSSR count). The van der Waals surface area contributed by atoms with Crippen LogP contribution < -0.4 is 10.9 Å². The van der Waals surface area contributed by atoms with Crippen molar-refractivity contribution in [3.63, 3.8) is 0 Å². The third-order valence-electron chi connectivity index (χ3n) is 4.84. The van der Waals surface area contributed by atoms with E-state index >= 15 is 0 Å². The first-order valence-electron chi connectivity index (χ1n) is 9.51. The van der Waals surface area contributed by atoms with Gasteiger partial charge in [0, 0.05) is 25.3 Å². The average molecular weight is 383 g/mol. The highest BCUT2D eigenvalue weighted by atomic mass is 16.1. The molecule has 5 heteroatoms. The fraction of sp³-hybridized carbons (Fsp3) is 0.125. The van der Waals surface area contributed by atoms with Crippen LogP contribution in [0.2, 0.25) is 0 Å². The highest BCUT2D eigenvalue weighted by Gasteiger charge is 2.14. The van der Waals surface area contributed by atoms with Crippen LogP contribution in [0.5, 0.6) is 0 Å². The van der Waals surface area contributed by atoms with Crippen LogP contribution in [0.1, 0.15) is 23.7 Å². The lowest BCUT2D eigenvalue weighted by atomic mass is 10.0. The highest BCUT2D eigenvalue weighted by Crippen LogP contribution is 2.19. The van der Waals surface area contributed by atoms with Crippen LogP contribution in [0, 0.1) is 0 Å². The fourth-order valence-electron chi connectivity index (χ4n) is 3.43. The molecule has 0 saturated heterocycles. The second-order valence-corrected chi connectivity index (χ2v) is 6.91. The molecular formula is C24H21N3O2. The van der Waals surface area contributed by atoms with Gasteiger partial charge < -0.3 is 5.32 Å². The molecule has 4 aromatic rings. The number of hydrogen-bond donors (Lipinski definition) is 1. The Balaban J connectivity index is 1.89. The molecule has 0 fully saturated rings. The van der Waals surface area contributed by atoms with Gasteiger partial charge in [0.05, 0.1) is 16.8 Å². The number of para-hydroxylation sites is 1. The first kappa shape index (κ1) is 18.6. The number of carbonyl (C=O) groups is 1. The quantitative estimate of drug-likeness (QED) is 0.573. The second-order valence-electron chi connectivity index (χ2n) is 6.91. The third-order valence-corrected chi connectivity index (χ3v) is 4.84. The van der Waals surface area contributed by atoms with Crippen LogP contribution in [0.15, 0.2) is 83.7 Å². The normalized spacial score (nSPS) is 10.8. The largest absolute Gasteiger partial charge is 0.352 e. The molecule has 1 aromatic heterocycles. The summed E-state index contributed by atoms with van der Waals surface area (Å²) < 4.78 is 1.46. The number of hydrogen-bond acceptors (Lipinski definition) is 3. The van der Waals surface area contributed by atoms with Gasteiger partial charge in [0.15, 0.2) is 0 Å². The summed E-state index contributed by atoms with van der Waals surface area (Å²) in [5.41, 5.74) is 3.29. The third kappa shape index (κ3) is 3.94. The molecule has 0 radical (unpaired) electrons. The Morgan fingerprint density at radius 1 is 0.897 bits per heavy atom. The minimum absolute atomic E-state index is 0.122. The van der Waals surface area contributed by atoms with Crippen molar-refractivity contribution in [1.29, 1.82) is 0 Å². The number of aromatic nitrogens is 2. The van der Waals surface area contributed by atoms with Gasteiger partial charge >= 0.3 is 0 Å². The Morgan fingerprint density at radius 2 is 1.55 bits per heavy atom. The molecule has 0 saturated carbocycles. The van der Waals surface area contributed by atoms with Crippen molar-refractivity contribution in [2.75, 3.05) is 0 Å².